The van der Waals surface area contributed by atoms with E-state index in [1.807, 2.05) is 0 Å². The molecule has 0 radical (unpaired) electrons. The van der Waals surface area contributed by atoms with E-state index in [9.17, 15) is 14.5 Å². The molecule has 3 rings (SSSR count). The van der Waals surface area contributed by atoms with Crippen LogP contribution in [0.4, 0.5) is 10.1 Å². The molecule has 1 aliphatic heterocycles. The minimum Gasteiger partial charge on any atom is -0.284 e. The lowest BCUT2D eigenvalue weighted by Gasteiger charge is -2.17. The summed E-state index contributed by atoms with van der Waals surface area (Å²) >= 11 is 0. The Hall–Kier alpha value is -2.56. The van der Waals surface area contributed by atoms with Gasteiger partial charge in [-0.1, -0.05) is 12.1 Å². The monoisotopic (exact) mass is 270 g/mol. The van der Waals surface area contributed by atoms with Crippen LogP contribution in [0, 0.1) is 15.9 Å². The average Bonchev–Trinajstić information content (AvgIpc) is 2.46. The van der Waals surface area contributed by atoms with Crippen LogP contribution >= 0.6 is 0 Å². The van der Waals surface area contributed by atoms with Crippen LogP contribution in [-0.2, 0) is 6.42 Å². The number of benzene rings is 2. The first-order valence-electron chi connectivity index (χ1n) is 6.23. The van der Waals surface area contributed by atoms with Gasteiger partial charge < -0.3 is 0 Å². The Balaban J connectivity index is 2.10. The molecule has 0 fully saturated rings. The molecule has 1 heterocycles. The third-order valence-electron chi connectivity index (χ3n) is 3.30. The van der Waals surface area contributed by atoms with Gasteiger partial charge >= 0.3 is 0 Å². The molecule has 0 saturated heterocycles. The largest absolute Gasteiger partial charge is 0.284 e. The highest BCUT2D eigenvalue weighted by molar-refractivity contribution is 6.14. The van der Waals surface area contributed by atoms with Gasteiger partial charge in [0, 0.05) is 29.8 Å². The van der Waals surface area contributed by atoms with E-state index in [4.69, 9.17) is 0 Å². The Bertz CT molecular complexity index is 726. The first-order valence-corrected chi connectivity index (χ1v) is 6.23. The minimum absolute atomic E-state index is 0.0273. The molecule has 0 amide bonds. The van der Waals surface area contributed by atoms with E-state index in [1.165, 1.54) is 24.3 Å². The minimum atomic E-state index is -0.432. The van der Waals surface area contributed by atoms with Gasteiger partial charge in [0.25, 0.3) is 5.69 Å². The summed E-state index contributed by atoms with van der Waals surface area (Å²) in [5, 5.41) is 10.8. The molecule has 2 aromatic carbocycles. The van der Waals surface area contributed by atoms with E-state index >= 15 is 0 Å². The molecular formula is C15H11FN2O2. The fourth-order valence-corrected chi connectivity index (χ4v) is 2.39. The first kappa shape index (κ1) is 12.5. The maximum Gasteiger partial charge on any atom is 0.270 e. The standard InChI is InChI=1S/C15H11FN2O2/c16-12-4-5-14-10(8-12)6-7-17-15(14)11-2-1-3-13(9-11)18(19)20/h1-5,8-9H,6-7H2. The molecule has 0 unspecified atom stereocenters. The van der Waals surface area contributed by atoms with Crippen molar-refractivity contribution >= 4 is 11.4 Å². The average molecular weight is 270 g/mol. The molecule has 0 saturated carbocycles. The lowest BCUT2D eigenvalue weighted by molar-refractivity contribution is -0.384. The molecule has 100 valence electrons. The zero-order valence-corrected chi connectivity index (χ0v) is 10.5. The Kier molecular flexibility index (Phi) is 3.02. The van der Waals surface area contributed by atoms with E-state index in [2.05, 4.69) is 4.99 Å². The molecule has 0 N–H and O–H groups in total. The third kappa shape index (κ3) is 2.18. The van der Waals surface area contributed by atoms with Gasteiger partial charge in [0.05, 0.1) is 10.6 Å². The Morgan fingerprint density at radius 2 is 2.05 bits per heavy atom. The maximum absolute atomic E-state index is 13.3. The van der Waals surface area contributed by atoms with Gasteiger partial charge in [-0.05, 0) is 30.2 Å². The summed E-state index contributed by atoms with van der Waals surface area (Å²) < 4.78 is 13.3. The van der Waals surface area contributed by atoms with Crippen molar-refractivity contribution in [2.75, 3.05) is 6.54 Å². The SMILES string of the molecule is O=[N+]([O-])c1cccc(C2=NCCc3cc(F)ccc32)c1. The summed E-state index contributed by atoms with van der Waals surface area (Å²) in [5.74, 6) is -0.274. The van der Waals surface area contributed by atoms with Crippen molar-refractivity contribution in [3.05, 3.63) is 75.1 Å². The molecule has 0 aliphatic carbocycles. The van der Waals surface area contributed by atoms with Crippen molar-refractivity contribution in [2.24, 2.45) is 4.99 Å². The molecular weight excluding hydrogens is 259 g/mol. The number of hydrogen-bond donors (Lipinski definition) is 0. The topological polar surface area (TPSA) is 55.5 Å². The molecule has 4 nitrogen and oxygen atoms in total. The van der Waals surface area contributed by atoms with Crippen LogP contribution in [0.15, 0.2) is 47.5 Å². The van der Waals surface area contributed by atoms with E-state index < -0.39 is 4.92 Å². The van der Waals surface area contributed by atoms with Crippen LogP contribution in [-0.4, -0.2) is 17.2 Å². The highest BCUT2D eigenvalue weighted by Crippen LogP contribution is 2.23. The molecule has 1 aliphatic rings. The molecule has 0 bridgehead atoms. The molecule has 0 atom stereocenters. The number of fused-ring (bicyclic) bond motifs is 1. The van der Waals surface area contributed by atoms with Gasteiger partial charge in [-0.25, -0.2) is 4.39 Å². The second-order valence-corrected chi connectivity index (χ2v) is 4.59. The molecule has 0 spiro atoms. The number of nitro groups is 1. The number of aliphatic imine (C=N–C) groups is 1. The zero-order chi connectivity index (χ0) is 14.1. The highest BCUT2D eigenvalue weighted by Gasteiger charge is 2.18. The Morgan fingerprint density at radius 1 is 1.20 bits per heavy atom. The van der Waals surface area contributed by atoms with Crippen LogP contribution in [0.2, 0.25) is 0 Å². The number of rotatable bonds is 2. The van der Waals surface area contributed by atoms with Crippen LogP contribution in [0.1, 0.15) is 16.7 Å². The summed E-state index contributed by atoms with van der Waals surface area (Å²) in [5.41, 5.74) is 3.14. The summed E-state index contributed by atoms with van der Waals surface area (Å²) in [4.78, 5) is 14.9. The number of non-ortho nitro benzene ring substituents is 1. The Labute approximate surface area is 114 Å². The second kappa shape index (κ2) is 4.85. The predicted molar refractivity (Wildman–Crippen MR) is 73.7 cm³/mol. The summed E-state index contributed by atoms with van der Waals surface area (Å²) in [6.07, 6.45) is 0.686. The van der Waals surface area contributed by atoms with Gasteiger partial charge in [-0.2, -0.15) is 0 Å². The van der Waals surface area contributed by atoms with Crippen LogP contribution in [0.5, 0.6) is 0 Å². The van der Waals surface area contributed by atoms with Gasteiger partial charge in [-0.3, -0.25) is 15.1 Å². The summed E-state index contributed by atoms with van der Waals surface area (Å²) in [6, 6.07) is 10.9. The van der Waals surface area contributed by atoms with Gasteiger partial charge in [0.15, 0.2) is 0 Å². The van der Waals surface area contributed by atoms with E-state index in [0.29, 0.717) is 24.2 Å². The lowest BCUT2D eigenvalue weighted by atomic mass is 9.93. The molecule has 2 aromatic rings. The fraction of sp³-hybridized carbons (Fsp3) is 0.133. The quantitative estimate of drug-likeness (QED) is 0.622. The summed E-state index contributed by atoms with van der Waals surface area (Å²) in [6.45, 7) is 0.564. The molecule has 5 heteroatoms. The highest BCUT2D eigenvalue weighted by atomic mass is 19.1. The maximum atomic E-state index is 13.3. The van der Waals surface area contributed by atoms with Gasteiger partial charge in [0.1, 0.15) is 5.82 Å². The number of nitro benzene ring substituents is 1. The lowest BCUT2D eigenvalue weighted by Crippen LogP contribution is -2.14. The number of nitrogens with zero attached hydrogens (tertiary/aromatic N) is 2. The van der Waals surface area contributed by atoms with E-state index in [-0.39, 0.29) is 11.5 Å². The second-order valence-electron chi connectivity index (χ2n) is 4.59. The van der Waals surface area contributed by atoms with Crippen molar-refractivity contribution in [3.63, 3.8) is 0 Å². The van der Waals surface area contributed by atoms with Crippen molar-refractivity contribution in [2.45, 2.75) is 6.42 Å². The number of hydrogen-bond acceptors (Lipinski definition) is 3. The van der Waals surface area contributed by atoms with Gasteiger partial charge in [0.2, 0.25) is 0 Å². The Morgan fingerprint density at radius 3 is 2.85 bits per heavy atom. The summed E-state index contributed by atoms with van der Waals surface area (Å²) in [7, 11) is 0. The zero-order valence-electron chi connectivity index (χ0n) is 10.5. The van der Waals surface area contributed by atoms with E-state index in [1.54, 1.807) is 18.2 Å². The van der Waals surface area contributed by atoms with E-state index in [0.717, 1.165) is 11.1 Å². The van der Waals surface area contributed by atoms with Crippen molar-refractivity contribution < 1.29 is 9.31 Å². The van der Waals surface area contributed by atoms with Crippen molar-refractivity contribution in [1.82, 2.24) is 0 Å². The number of halogens is 1. The van der Waals surface area contributed by atoms with Crippen molar-refractivity contribution in [1.29, 1.82) is 0 Å². The predicted octanol–water partition coefficient (Wildman–Crippen LogP) is 3.13. The smallest absolute Gasteiger partial charge is 0.270 e. The molecule has 20 heavy (non-hydrogen) atoms. The van der Waals surface area contributed by atoms with Crippen LogP contribution < -0.4 is 0 Å². The van der Waals surface area contributed by atoms with Crippen molar-refractivity contribution in [3.8, 4) is 0 Å². The molecule has 0 aromatic heterocycles. The normalized spacial score (nSPS) is 13.6. The fourth-order valence-electron chi connectivity index (χ4n) is 2.39. The third-order valence-corrected chi connectivity index (χ3v) is 3.30. The first-order chi connectivity index (χ1) is 9.65. The van der Waals surface area contributed by atoms with Gasteiger partial charge in [-0.15, -0.1) is 0 Å². The van der Waals surface area contributed by atoms with Crippen LogP contribution in [0.25, 0.3) is 0 Å². The van der Waals surface area contributed by atoms with Crippen LogP contribution in [0.3, 0.4) is 0 Å².